The molecule has 0 radical (unpaired) electrons. The summed E-state index contributed by atoms with van der Waals surface area (Å²) in [6.45, 7) is 8.53. The van der Waals surface area contributed by atoms with Gasteiger partial charge in [-0.05, 0) is 57.6 Å². The Balaban J connectivity index is 1.82. The number of nitrogen functional groups attached to an aromatic ring is 1. The van der Waals surface area contributed by atoms with Gasteiger partial charge in [-0.2, -0.15) is 10.1 Å². The highest BCUT2D eigenvalue weighted by molar-refractivity contribution is 5.92. The van der Waals surface area contributed by atoms with Crippen LogP contribution in [0.5, 0.6) is 0 Å². The maximum absolute atomic E-state index is 6.21. The van der Waals surface area contributed by atoms with E-state index >= 15 is 0 Å². The van der Waals surface area contributed by atoms with Crippen LogP contribution < -0.4 is 22.1 Å². The number of hydrogen-bond donors (Lipinski definition) is 4. The third-order valence-electron chi connectivity index (χ3n) is 5.93. The lowest BCUT2D eigenvalue weighted by molar-refractivity contribution is 0.410. The minimum atomic E-state index is 0.172. The Kier molecular flexibility index (Phi) is 6.00. The Morgan fingerprint density at radius 3 is 2.39 bits per heavy atom. The molecule has 1 saturated carbocycles. The number of benzene rings is 1. The van der Waals surface area contributed by atoms with E-state index in [2.05, 4.69) is 38.3 Å². The molecule has 0 saturated heterocycles. The van der Waals surface area contributed by atoms with Gasteiger partial charge >= 0.3 is 0 Å². The molecule has 2 aromatic heterocycles. The van der Waals surface area contributed by atoms with Crippen LogP contribution in [0.25, 0.3) is 11.0 Å². The van der Waals surface area contributed by atoms with Crippen molar-refractivity contribution in [1.29, 1.82) is 0 Å². The van der Waals surface area contributed by atoms with Gasteiger partial charge in [0.2, 0.25) is 5.95 Å². The molecule has 0 unspecified atom stereocenters. The second-order valence-corrected chi connectivity index (χ2v) is 9.14. The summed E-state index contributed by atoms with van der Waals surface area (Å²) in [5.41, 5.74) is 16.5. The fourth-order valence-corrected chi connectivity index (χ4v) is 4.16. The predicted octanol–water partition coefficient (Wildman–Crippen LogP) is 4.54. The first-order valence-corrected chi connectivity index (χ1v) is 11.3. The number of anilines is 4. The molecule has 31 heavy (non-hydrogen) atoms. The minimum Gasteiger partial charge on any atom is -0.397 e. The Labute approximate surface area is 183 Å². The third-order valence-corrected chi connectivity index (χ3v) is 5.93. The zero-order chi connectivity index (χ0) is 22.1. The zero-order valence-electron chi connectivity index (χ0n) is 18.9. The summed E-state index contributed by atoms with van der Waals surface area (Å²) in [5, 5.41) is 11.9. The molecule has 0 aliphatic heterocycles. The van der Waals surface area contributed by atoms with Crippen LogP contribution in [0.1, 0.15) is 71.0 Å². The van der Waals surface area contributed by atoms with Gasteiger partial charge in [0.15, 0.2) is 5.82 Å². The summed E-state index contributed by atoms with van der Waals surface area (Å²) in [6, 6.07) is 8.52. The normalized spacial score (nSPS) is 19.3. The van der Waals surface area contributed by atoms with Crippen molar-refractivity contribution in [2.75, 3.05) is 16.4 Å². The van der Waals surface area contributed by atoms with E-state index in [1.165, 1.54) is 0 Å². The monoisotopic (exact) mass is 422 g/mol. The summed E-state index contributed by atoms with van der Waals surface area (Å²) in [5.74, 6) is 1.58. The van der Waals surface area contributed by atoms with E-state index in [0.29, 0.717) is 29.5 Å². The summed E-state index contributed by atoms with van der Waals surface area (Å²) in [4.78, 5) is 9.81. The molecule has 8 heteroatoms. The fourth-order valence-electron chi connectivity index (χ4n) is 4.16. The van der Waals surface area contributed by atoms with Gasteiger partial charge < -0.3 is 22.1 Å². The van der Waals surface area contributed by atoms with Crippen molar-refractivity contribution in [2.24, 2.45) is 5.73 Å². The smallest absolute Gasteiger partial charge is 0.225 e. The summed E-state index contributed by atoms with van der Waals surface area (Å²) in [7, 11) is 0. The summed E-state index contributed by atoms with van der Waals surface area (Å²) >= 11 is 0. The molecule has 0 amide bonds. The SMILES string of the molecule is CC(C)c1nn(C(C)C)c2c(Nc3ccccc3N)nc(NC3CCC(N)CC3)nc12. The lowest BCUT2D eigenvalue weighted by Crippen LogP contribution is -2.33. The van der Waals surface area contributed by atoms with Crippen LogP contribution in [-0.4, -0.2) is 31.8 Å². The fraction of sp³-hybridized carbons (Fsp3) is 0.522. The highest BCUT2D eigenvalue weighted by atomic mass is 15.3. The van der Waals surface area contributed by atoms with Gasteiger partial charge in [0.1, 0.15) is 11.0 Å². The Hall–Kier alpha value is -2.87. The van der Waals surface area contributed by atoms with E-state index < -0.39 is 0 Å². The molecule has 2 heterocycles. The van der Waals surface area contributed by atoms with Crippen LogP contribution in [0.4, 0.5) is 23.1 Å². The van der Waals surface area contributed by atoms with E-state index in [4.69, 9.17) is 26.5 Å². The van der Waals surface area contributed by atoms with Crippen LogP contribution in [0.3, 0.4) is 0 Å². The molecule has 4 rings (SSSR count). The average molecular weight is 423 g/mol. The average Bonchev–Trinajstić information content (AvgIpc) is 3.12. The molecule has 6 N–H and O–H groups in total. The van der Waals surface area contributed by atoms with Crippen molar-refractivity contribution < 1.29 is 0 Å². The number of nitrogens with two attached hydrogens (primary N) is 2. The van der Waals surface area contributed by atoms with Crippen LogP contribution in [0.15, 0.2) is 24.3 Å². The van der Waals surface area contributed by atoms with Crippen LogP contribution in [0.2, 0.25) is 0 Å². The lowest BCUT2D eigenvalue weighted by Gasteiger charge is -2.27. The summed E-state index contributed by atoms with van der Waals surface area (Å²) < 4.78 is 2.01. The zero-order valence-corrected chi connectivity index (χ0v) is 18.9. The molecule has 0 atom stereocenters. The van der Waals surface area contributed by atoms with Gasteiger partial charge in [-0.3, -0.25) is 4.68 Å². The predicted molar refractivity (Wildman–Crippen MR) is 128 cm³/mol. The second-order valence-electron chi connectivity index (χ2n) is 9.14. The van der Waals surface area contributed by atoms with Gasteiger partial charge in [0.25, 0.3) is 0 Å². The lowest BCUT2D eigenvalue weighted by atomic mass is 9.92. The van der Waals surface area contributed by atoms with Crippen molar-refractivity contribution in [3.63, 3.8) is 0 Å². The highest BCUT2D eigenvalue weighted by Gasteiger charge is 2.24. The van der Waals surface area contributed by atoms with Crippen molar-refractivity contribution >= 4 is 34.2 Å². The topological polar surface area (TPSA) is 120 Å². The van der Waals surface area contributed by atoms with E-state index in [9.17, 15) is 0 Å². The molecule has 166 valence electrons. The van der Waals surface area contributed by atoms with Crippen molar-refractivity contribution in [3.8, 4) is 0 Å². The van der Waals surface area contributed by atoms with Crippen LogP contribution in [0, 0.1) is 0 Å². The van der Waals surface area contributed by atoms with Gasteiger partial charge in [-0.1, -0.05) is 26.0 Å². The summed E-state index contributed by atoms with van der Waals surface area (Å²) in [6.07, 6.45) is 4.10. The second kappa shape index (κ2) is 8.70. The molecule has 1 aromatic carbocycles. The number of rotatable bonds is 6. The molecule has 1 aliphatic rings. The maximum atomic E-state index is 6.21. The quantitative estimate of drug-likeness (QED) is 0.431. The van der Waals surface area contributed by atoms with E-state index in [0.717, 1.165) is 48.1 Å². The maximum Gasteiger partial charge on any atom is 0.225 e. The number of aromatic nitrogens is 4. The standard InChI is InChI=1S/C23H34N8/c1-13(2)19-20-21(31(30-19)14(3)4)22(27-18-8-6-5-7-17(18)25)29-23(28-20)26-16-11-9-15(24)10-12-16/h5-8,13-16H,9-12,24-25H2,1-4H3,(H2,26,27,28,29). The number of fused-ring (bicyclic) bond motifs is 1. The molecular weight excluding hydrogens is 388 g/mol. The molecular formula is C23H34N8. The van der Waals surface area contributed by atoms with Gasteiger partial charge in [0, 0.05) is 18.1 Å². The van der Waals surface area contributed by atoms with Crippen LogP contribution >= 0.6 is 0 Å². The van der Waals surface area contributed by atoms with Crippen LogP contribution in [-0.2, 0) is 0 Å². The molecule has 1 fully saturated rings. The minimum absolute atomic E-state index is 0.172. The number of para-hydroxylation sites is 2. The number of nitrogens with one attached hydrogen (secondary N) is 2. The molecule has 0 bridgehead atoms. The largest absolute Gasteiger partial charge is 0.397 e. The van der Waals surface area contributed by atoms with Gasteiger partial charge in [0.05, 0.1) is 17.1 Å². The third kappa shape index (κ3) is 4.44. The van der Waals surface area contributed by atoms with Crippen molar-refractivity contribution in [2.45, 2.75) is 77.4 Å². The first-order valence-electron chi connectivity index (χ1n) is 11.3. The Morgan fingerprint density at radius 1 is 1.03 bits per heavy atom. The Morgan fingerprint density at radius 2 is 1.74 bits per heavy atom. The Bertz CT molecular complexity index is 1050. The first kappa shape index (κ1) is 21.4. The number of nitrogens with zero attached hydrogens (tertiary/aromatic N) is 4. The van der Waals surface area contributed by atoms with E-state index in [1.54, 1.807) is 0 Å². The van der Waals surface area contributed by atoms with E-state index in [1.807, 2.05) is 28.9 Å². The molecule has 0 spiro atoms. The molecule has 3 aromatic rings. The van der Waals surface area contributed by atoms with Gasteiger partial charge in [-0.15, -0.1) is 0 Å². The molecule has 1 aliphatic carbocycles. The van der Waals surface area contributed by atoms with E-state index in [-0.39, 0.29) is 12.0 Å². The van der Waals surface area contributed by atoms with Crippen molar-refractivity contribution in [1.82, 2.24) is 19.7 Å². The molecule has 8 nitrogen and oxygen atoms in total. The van der Waals surface area contributed by atoms with Gasteiger partial charge in [-0.25, -0.2) is 4.98 Å². The van der Waals surface area contributed by atoms with Crippen molar-refractivity contribution in [3.05, 3.63) is 30.0 Å². The number of hydrogen-bond acceptors (Lipinski definition) is 7. The highest BCUT2D eigenvalue weighted by Crippen LogP contribution is 2.34. The first-order chi connectivity index (χ1) is 14.8.